The molecule has 0 unspecified atom stereocenters. The van der Waals surface area contributed by atoms with Gasteiger partial charge >= 0.3 is 0 Å². The third-order valence-electron chi connectivity index (χ3n) is 8.27. The van der Waals surface area contributed by atoms with Crippen molar-refractivity contribution in [2.24, 2.45) is 0 Å². The molecule has 0 spiro atoms. The molecule has 0 aromatic heterocycles. The summed E-state index contributed by atoms with van der Waals surface area (Å²) in [7, 11) is -0.680. The van der Waals surface area contributed by atoms with E-state index in [-0.39, 0.29) is 7.92 Å². The van der Waals surface area contributed by atoms with E-state index in [0.29, 0.717) is 0 Å². The van der Waals surface area contributed by atoms with Gasteiger partial charge in [0.2, 0.25) is 0 Å². The summed E-state index contributed by atoms with van der Waals surface area (Å²) in [4.78, 5) is 0. The van der Waals surface area contributed by atoms with E-state index in [1.807, 2.05) is 0 Å². The van der Waals surface area contributed by atoms with E-state index in [1.165, 1.54) is 152 Å². The molecule has 0 bridgehead atoms. The van der Waals surface area contributed by atoms with E-state index in [4.69, 9.17) is 0 Å². The van der Waals surface area contributed by atoms with Gasteiger partial charge in [0.05, 0.1) is 24.6 Å². The van der Waals surface area contributed by atoms with Crippen molar-refractivity contribution >= 4 is 15.2 Å². The van der Waals surface area contributed by atoms with Crippen LogP contribution in [0.15, 0.2) is 24.3 Å². The first-order valence-corrected chi connectivity index (χ1v) is 21.2. The fourth-order valence-corrected chi connectivity index (χ4v) is 13.6. The lowest BCUT2D eigenvalue weighted by atomic mass is 10.1. The van der Waals surface area contributed by atoms with Crippen molar-refractivity contribution in [1.29, 1.82) is 0 Å². The van der Waals surface area contributed by atoms with Gasteiger partial charge in [-0.25, -0.2) is 0 Å². The summed E-state index contributed by atoms with van der Waals surface area (Å²) in [6.07, 6.45) is 34.6. The van der Waals surface area contributed by atoms with Crippen LogP contribution in [-0.2, 0) is 12.3 Å². The summed E-state index contributed by atoms with van der Waals surface area (Å²) in [5.41, 5.74) is 3.28. The van der Waals surface area contributed by atoms with Gasteiger partial charge in [0.25, 0.3) is 0 Å². The van der Waals surface area contributed by atoms with Crippen molar-refractivity contribution in [2.45, 2.75) is 156 Å². The topological polar surface area (TPSA) is 0 Å². The monoisotopic (exact) mass is 549 g/mol. The summed E-state index contributed by atoms with van der Waals surface area (Å²) in [5.74, 6) is 0. The average molecular weight is 550 g/mol. The van der Waals surface area contributed by atoms with Gasteiger partial charge in [0.1, 0.15) is 0 Å². The van der Waals surface area contributed by atoms with Crippen LogP contribution in [0.3, 0.4) is 0 Å². The van der Waals surface area contributed by atoms with Crippen molar-refractivity contribution < 1.29 is 0 Å². The molecule has 0 atom stereocenters. The molecule has 0 saturated carbocycles. The van der Waals surface area contributed by atoms with Crippen LogP contribution < -0.4 is 0 Å². The van der Waals surface area contributed by atoms with Gasteiger partial charge in [0, 0.05) is 7.26 Å². The van der Waals surface area contributed by atoms with E-state index < -0.39 is 7.26 Å². The number of rotatable bonds is 26. The molecular weight excluding hydrogens is 482 g/mol. The minimum Gasteiger partial charge on any atom is -0.102 e. The second-order valence-corrected chi connectivity index (χ2v) is 18.9. The van der Waals surface area contributed by atoms with Crippen molar-refractivity contribution in [3.8, 4) is 0 Å². The van der Waals surface area contributed by atoms with Gasteiger partial charge in [-0.2, -0.15) is 0 Å². The molecule has 0 aliphatic carbocycles. The molecule has 1 aromatic rings. The van der Waals surface area contributed by atoms with E-state index >= 15 is 0 Å². The summed E-state index contributed by atoms with van der Waals surface area (Å²) in [6.45, 7) is 11.8. The second kappa shape index (κ2) is 23.9. The molecule has 0 nitrogen and oxygen atoms in total. The molecule has 0 fully saturated rings. The zero-order valence-electron chi connectivity index (χ0n) is 26.2. The molecule has 0 amide bonds. The molecule has 1 aromatic carbocycles. The van der Waals surface area contributed by atoms with Crippen LogP contribution in [0.2, 0.25) is 0 Å². The molecule has 0 aliphatic rings. The maximum Gasteiger partial charge on any atom is 0.0842 e. The Morgan fingerprint density at radius 2 is 0.892 bits per heavy atom. The molecule has 2 heteroatoms. The molecular formula is C35H67P2+. The van der Waals surface area contributed by atoms with Crippen molar-refractivity contribution in [1.82, 2.24) is 0 Å². The lowest BCUT2D eigenvalue weighted by Crippen LogP contribution is -2.11. The smallest absolute Gasteiger partial charge is 0.0842 e. The molecule has 1 rings (SSSR count). The molecule has 216 valence electrons. The maximum absolute atomic E-state index is 2.54. The molecule has 0 saturated heterocycles. The quantitative estimate of drug-likeness (QED) is 0.0796. The first-order chi connectivity index (χ1) is 18.1. The highest BCUT2D eigenvalue weighted by Crippen LogP contribution is 2.63. The second-order valence-electron chi connectivity index (χ2n) is 12.0. The van der Waals surface area contributed by atoms with Gasteiger partial charge in [-0.05, 0) is 61.7 Å². The van der Waals surface area contributed by atoms with Crippen LogP contribution in [0.5, 0.6) is 0 Å². The third kappa shape index (κ3) is 17.4. The number of hydrogen-bond donors (Lipinski definition) is 0. The van der Waals surface area contributed by atoms with Gasteiger partial charge in [-0.1, -0.05) is 136 Å². The first kappa shape index (κ1) is 35.1. The lowest BCUT2D eigenvalue weighted by Gasteiger charge is -2.28. The molecule has 37 heavy (non-hydrogen) atoms. The Morgan fingerprint density at radius 3 is 1.35 bits per heavy atom. The van der Waals surface area contributed by atoms with Crippen molar-refractivity contribution in [2.75, 3.05) is 30.8 Å². The van der Waals surface area contributed by atoms with Gasteiger partial charge in [0.15, 0.2) is 0 Å². The fourth-order valence-electron chi connectivity index (χ4n) is 5.93. The predicted molar refractivity (Wildman–Crippen MR) is 179 cm³/mol. The Hall–Kier alpha value is 0.0800. The van der Waals surface area contributed by atoms with Crippen molar-refractivity contribution in [3.63, 3.8) is 0 Å². The average Bonchev–Trinajstić information content (AvgIpc) is 2.91. The minimum absolute atomic E-state index is 0.163. The first-order valence-electron chi connectivity index (χ1n) is 16.8. The Bertz CT molecular complexity index is 584. The highest BCUT2D eigenvalue weighted by atomic mass is 31.2. The van der Waals surface area contributed by atoms with Crippen LogP contribution in [0, 0.1) is 0 Å². The van der Waals surface area contributed by atoms with Crippen LogP contribution in [-0.4, -0.2) is 30.8 Å². The third-order valence-corrected chi connectivity index (χ3v) is 15.9. The van der Waals surface area contributed by atoms with E-state index in [9.17, 15) is 0 Å². The summed E-state index contributed by atoms with van der Waals surface area (Å²) < 4.78 is 0. The summed E-state index contributed by atoms with van der Waals surface area (Å²) in [5, 5.41) is 0. The maximum atomic E-state index is 2.54. The Labute approximate surface area is 237 Å². The standard InChI is InChI=1S/C35H67P2/c1-6-11-15-17-19-21-27-36(28-22-20-18-16-12-7-2)32-34-23-25-35(26-24-34)33-37(29-10-5,30-13-8-3)31-14-9-4/h23-26H,6-22,27-33H2,1-5H3/q+1. The molecule has 0 aliphatic heterocycles. The van der Waals surface area contributed by atoms with E-state index in [0.717, 1.165) is 0 Å². The molecule has 0 heterocycles. The van der Waals surface area contributed by atoms with Crippen LogP contribution in [0.4, 0.5) is 0 Å². The number of benzene rings is 1. The van der Waals surface area contributed by atoms with Crippen LogP contribution in [0.25, 0.3) is 0 Å². The Balaban J connectivity index is 2.72. The van der Waals surface area contributed by atoms with Crippen LogP contribution >= 0.6 is 15.2 Å². The fraction of sp³-hybridized carbons (Fsp3) is 0.829. The Morgan fingerprint density at radius 1 is 0.459 bits per heavy atom. The van der Waals surface area contributed by atoms with Gasteiger partial charge < -0.3 is 0 Å². The largest absolute Gasteiger partial charge is 0.102 e. The minimum atomic E-state index is -0.843. The summed E-state index contributed by atoms with van der Waals surface area (Å²) in [6, 6.07) is 10.2. The zero-order chi connectivity index (χ0) is 27.0. The number of hydrogen-bond acceptors (Lipinski definition) is 0. The lowest BCUT2D eigenvalue weighted by molar-refractivity contribution is 0.621. The highest BCUT2D eigenvalue weighted by molar-refractivity contribution is 7.75. The van der Waals surface area contributed by atoms with Crippen molar-refractivity contribution in [3.05, 3.63) is 35.4 Å². The molecule has 0 N–H and O–H groups in total. The normalized spacial score (nSPS) is 12.1. The number of unbranched alkanes of at least 4 members (excludes halogenated alkanes) is 12. The SMILES string of the molecule is CCCCCCCCP(CCCCCCCC)Cc1ccc(C[P+](CCC)(CCCC)CCCC)cc1. The van der Waals surface area contributed by atoms with Gasteiger partial charge in [-0.3, -0.25) is 0 Å². The molecule has 0 radical (unpaired) electrons. The zero-order valence-corrected chi connectivity index (χ0v) is 28.0. The Kier molecular flexibility index (Phi) is 22.7. The highest BCUT2D eigenvalue weighted by Gasteiger charge is 2.35. The van der Waals surface area contributed by atoms with Gasteiger partial charge in [-0.15, -0.1) is 7.92 Å². The predicted octanol–water partition coefficient (Wildman–Crippen LogP) is 12.9. The van der Waals surface area contributed by atoms with E-state index in [1.54, 1.807) is 11.1 Å². The van der Waals surface area contributed by atoms with Crippen LogP contribution in [0.1, 0.15) is 155 Å². The van der Waals surface area contributed by atoms with E-state index in [2.05, 4.69) is 58.9 Å². The summed E-state index contributed by atoms with van der Waals surface area (Å²) >= 11 is 0.